The van der Waals surface area contributed by atoms with Crippen LogP contribution in [0.1, 0.15) is 5.69 Å². The van der Waals surface area contributed by atoms with Gasteiger partial charge in [0.1, 0.15) is 17.0 Å². The van der Waals surface area contributed by atoms with Crippen LogP contribution in [0.2, 0.25) is 5.02 Å². The standard InChI is InChI=1S/C13H8ClF4N3O2/c1-21-8(13(16,17)18)4-7(20-21)9-6(15)3-5(14)11-10(9)19-12(22-2)23-11/h3-4H,1-2H3. The molecule has 0 spiro atoms. The predicted molar refractivity (Wildman–Crippen MR) is 72.7 cm³/mol. The highest BCUT2D eigenvalue weighted by atomic mass is 35.5. The normalized spacial score (nSPS) is 12.1. The van der Waals surface area contributed by atoms with E-state index in [0.717, 1.165) is 19.2 Å². The Morgan fingerprint density at radius 3 is 2.57 bits per heavy atom. The Hall–Kier alpha value is -2.29. The molecule has 0 aliphatic rings. The number of alkyl halides is 3. The first-order valence-corrected chi connectivity index (χ1v) is 6.54. The third-order valence-corrected chi connectivity index (χ3v) is 3.44. The van der Waals surface area contributed by atoms with Crippen molar-refractivity contribution < 1.29 is 26.7 Å². The van der Waals surface area contributed by atoms with Crippen molar-refractivity contribution >= 4 is 22.7 Å². The highest BCUT2D eigenvalue weighted by Crippen LogP contribution is 2.38. The summed E-state index contributed by atoms with van der Waals surface area (Å²) in [6, 6.07) is 1.65. The van der Waals surface area contributed by atoms with Crippen LogP contribution in [0.4, 0.5) is 17.6 Å². The molecule has 0 radical (unpaired) electrons. The van der Waals surface area contributed by atoms with E-state index >= 15 is 0 Å². The molecule has 23 heavy (non-hydrogen) atoms. The van der Waals surface area contributed by atoms with Gasteiger partial charge in [-0.2, -0.15) is 23.3 Å². The number of aryl methyl sites for hydroxylation is 1. The minimum absolute atomic E-state index is 0.000807. The summed E-state index contributed by atoms with van der Waals surface area (Å²) in [5.74, 6) is -0.870. The fraction of sp³-hybridized carbons (Fsp3) is 0.231. The molecule has 3 rings (SSSR count). The van der Waals surface area contributed by atoms with Gasteiger partial charge in [-0.05, 0) is 12.1 Å². The summed E-state index contributed by atoms with van der Waals surface area (Å²) in [4.78, 5) is 3.89. The van der Waals surface area contributed by atoms with Gasteiger partial charge in [0.05, 0.1) is 23.4 Å². The second kappa shape index (κ2) is 5.12. The number of hydrogen-bond acceptors (Lipinski definition) is 4. The van der Waals surface area contributed by atoms with Gasteiger partial charge in [0.2, 0.25) is 0 Å². The Kier molecular flexibility index (Phi) is 3.47. The van der Waals surface area contributed by atoms with Crippen molar-refractivity contribution in [1.29, 1.82) is 0 Å². The van der Waals surface area contributed by atoms with Gasteiger partial charge in [-0.25, -0.2) is 4.39 Å². The largest absolute Gasteiger partial charge is 0.453 e. The van der Waals surface area contributed by atoms with Crippen molar-refractivity contribution in [3.63, 3.8) is 0 Å². The van der Waals surface area contributed by atoms with E-state index in [2.05, 4.69) is 10.1 Å². The van der Waals surface area contributed by atoms with Gasteiger partial charge in [-0.1, -0.05) is 11.6 Å². The second-order valence-corrected chi connectivity index (χ2v) is 5.02. The summed E-state index contributed by atoms with van der Waals surface area (Å²) in [5.41, 5.74) is -1.58. The molecule has 0 atom stereocenters. The highest BCUT2D eigenvalue weighted by molar-refractivity contribution is 6.35. The van der Waals surface area contributed by atoms with E-state index in [1.165, 1.54) is 7.11 Å². The maximum atomic E-state index is 14.3. The van der Waals surface area contributed by atoms with Crippen LogP contribution in [-0.4, -0.2) is 21.9 Å². The molecule has 0 saturated heterocycles. The molecule has 0 unspecified atom stereocenters. The number of hydrogen-bond donors (Lipinski definition) is 0. The molecule has 3 aromatic rings. The summed E-state index contributed by atoms with van der Waals surface area (Å²) in [6.07, 6.45) is -4.82. The number of methoxy groups -OCH3 is 1. The number of rotatable bonds is 2. The van der Waals surface area contributed by atoms with E-state index in [9.17, 15) is 17.6 Å². The van der Waals surface area contributed by atoms with Crippen LogP contribution in [0, 0.1) is 5.82 Å². The fourth-order valence-electron chi connectivity index (χ4n) is 2.18. The van der Waals surface area contributed by atoms with Crippen molar-refractivity contribution in [2.45, 2.75) is 6.18 Å². The molecule has 2 heterocycles. The second-order valence-electron chi connectivity index (χ2n) is 4.61. The van der Waals surface area contributed by atoms with Crippen molar-refractivity contribution in [3.8, 4) is 17.3 Å². The summed E-state index contributed by atoms with van der Waals surface area (Å²) in [6.45, 7) is 0. The Morgan fingerprint density at radius 2 is 2.00 bits per heavy atom. The van der Waals surface area contributed by atoms with Crippen LogP contribution >= 0.6 is 11.6 Å². The fourth-order valence-corrected chi connectivity index (χ4v) is 2.40. The van der Waals surface area contributed by atoms with Crippen molar-refractivity contribution in [2.75, 3.05) is 7.11 Å². The Balaban J connectivity index is 2.30. The topological polar surface area (TPSA) is 53.1 Å². The number of oxazole rings is 1. The van der Waals surface area contributed by atoms with Crippen LogP contribution < -0.4 is 4.74 Å². The Morgan fingerprint density at radius 1 is 1.30 bits per heavy atom. The molecule has 0 bridgehead atoms. The third kappa shape index (κ3) is 2.50. The van der Waals surface area contributed by atoms with Crippen molar-refractivity contribution in [1.82, 2.24) is 14.8 Å². The van der Waals surface area contributed by atoms with Gasteiger partial charge in [0.25, 0.3) is 0 Å². The molecule has 5 nitrogen and oxygen atoms in total. The first-order valence-electron chi connectivity index (χ1n) is 6.16. The van der Waals surface area contributed by atoms with Crippen LogP contribution in [0.3, 0.4) is 0 Å². The number of nitrogens with zero attached hydrogens (tertiary/aromatic N) is 3. The zero-order valence-corrected chi connectivity index (χ0v) is 12.5. The Bertz CT molecular complexity index is 901. The average Bonchev–Trinajstić information content (AvgIpc) is 3.02. The molecular formula is C13H8ClF4N3O2. The number of aromatic nitrogens is 3. The zero-order valence-electron chi connectivity index (χ0n) is 11.7. The van der Waals surface area contributed by atoms with Crippen LogP contribution in [0.25, 0.3) is 22.4 Å². The number of ether oxygens (including phenoxy) is 1. The van der Waals surface area contributed by atoms with E-state index in [-0.39, 0.29) is 33.5 Å². The quantitative estimate of drug-likeness (QED) is 0.655. The van der Waals surface area contributed by atoms with Crippen LogP contribution in [-0.2, 0) is 13.2 Å². The molecule has 2 aromatic heterocycles. The first kappa shape index (κ1) is 15.6. The molecular weight excluding hydrogens is 342 g/mol. The molecule has 0 aliphatic heterocycles. The molecule has 0 N–H and O–H groups in total. The van der Waals surface area contributed by atoms with Gasteiger partial charge in [0.15, 0.2) is 5.58 Å². The summed E-state index contributed by atoms with van der Waals surface area (Å²) in [7, 11) is 2.39. The zero-order chi connectivity index (χ0) is 16.9. The SMILES string of the molecule is COc1nc2c(-c3cc(C(F)(F)F)n(C)n3)c(F)cc(Cl)c2o1. The Labute approximate surface area is 131 Å². The van der Waals surface area contributed by atoms with Gasteiger partial charge in [0, 0.05) is 7.05 Å². The average molecular weight is 350 g/mol. The summed E-state index contributed by atoms with van der Waals surface area (Å²) < 4.78 is 63.5. The molecule has 1 aromatic carbocycles. The van der Waals surface area contributed by atoms with E-state index in [1.54, 1.807) is 0 Å². The maximum absolute atomic E-state index is 14.3. The predicted octanol–water partition coefficient (Wildman–Crippen LogP) is 4.05. The minimum atomic E-state index is -4.62. The monoisotopic (exact) mass is 349 g/mol. The summed E-state index contributed by atoms with van der Waals surface area (Å²) in [5, 5.41) is 3.63. The first-order chi connectivity index (χ1) is 10.7. The smallest absolute Gasteiger partial charge is 0.433 e. The molecule has 10 heteroatoms. The van der Waals surface area contributed by atoms with Crippen LogP contribution in [0.15, 0.2) is 16.5 Å². The van der Waals surface area contributed by atoms with Crippen molar-refractivity contribution in [2.24, 2.45) is 7.05 Å². The lowest BCUT2D eigenvalue weighted by molar-refractivity contribution is -0.143. The maximum Gasteiger partial charge on any atom is 0.433 e. The van der Waals surface area contributed by atoms with Crippen molar-refractivity contribution in [3.05, 3.63) is 28.7 Å². The highest BCUT2D eigenvalue weighted by Gasteiger charge is 2.36. The molecule has 0 amide bonds. The lowest BCUT2D eigenvalue weighted by Crippen LogP contribution is -2.11. The lowest BCUT2D eigenvalue weighted by atomic mass is 10.1. The van der Waals surface area contributed by atoms with Gasteiger partial charge < -0.3 is 9.15 Å². The van der Waals surface area contributed by atoms with Gasteiger partial charge >= 0.3 is 12.3 Å². The van der Waals surface area contributed by atoms with Gasteiger partial charge in [-0.15, -0.1) is 0 Å². The molecule has 0 saturated carbocycles. The van der Waals surface area contributed by atoms with E-state index < -0.39 is 17.7 Å². The van der Waals surface area contributed by atoms with E-state index in [4.69, 9.17) is 20.8 Å². The number of fused-ring (bicyclic) bond motifs is 1. The van der Waals surface area contributed by atoms with Gasteiger partial charge in [-0.3, -0.25) is 4.68 Å². The summed E-state index contributed by atoms with van der Waals surface area (Å²) >= 11 is 5.87. The number of halogens is 5. The van der Waals surface area contributed by atoms with E-state index in [1.807, 2.05) is 0 Å². The minimum Gasteiger partial charge on any atom is -0.453 e. The van der Waals surface area contributed by atoms with Crippen LogP contribution in [0.5, 0.6) is 6.08 Å². The lowest BCUT2D eigenvalue weighted by Gasteiger charge is -2.04. The molecule has 0 fully saturated rings. The molecule has 0 aliphatic carbocycles. The number of benzene rings is 1. The van der Waals surface area contributed by atoms with E-state index in [0.29, 0.717) is 4.68 Å². The third-order valence-electron chi connectivity index (χ3n) is 3.15. The molecule has 122 valence electrons.